The minimum Gasteiger partial charge on any atom is -0.497 e. The van der Waals surface area contributed by atoms with Crippen molar-refractivity contribution in [2.24, 2.45) is 0 Å². The number of carbonyl (C=O) groups is 1. The van der Waals surface area contributed by atoms with Crippen molar-refractivity contribution >= 4 is 5.78 Å². The molecule has 1 rings (SSSR count). The van der Waals surface area contributed by atoms with Crippen molar-refractivity contribution in [3.8, 4) is 5.75 Å². The van der Waals surface area contributed by atoms with Crippen molar-refractivity contribution in [3.05, 3.63) is 29.8 Å². The van der Waals surface area contributed by atoms with E-state index in [1.165, 1.54) is 0 Å². The fourth-order valence-electron chi connectivity index (χ4n) is 1.69. The molecule has 0 aliphatic rings. The molecule has 3 heteroatoms. The topological polar surface area (TPSA) is 35.5 Å². The van der Waals surface area contributed by atoms with E-state index in [0.29, 0.717) is 18.6 Å². The third-order valence-corrected chi connectivity index (χ3v) is 2.97. The van der Waals surface area contributed by atoms with E-state index in [9.17, 15) is 4.79 Å². The molecule has 0 N–H and O–H groups in total. The van der Waals surface area contributed by atoms with Gasteiger partial charge in [-0.15, -0.1) is 0 Å². The Morgan fingerprint density at radius 2 is 1.82 bits per heavy atom. The highest BCUT2D eigenvalue weighted by atomic mass is 16.5. The molecule has 1 unspecified atom stereocenters. The second-order valence-electron chi connectivity index (χ2n) is 4.08. The molecule has 0 aliphatic carbocycles. The van der Waals surface area contributed by atoms with Crippen LogP contribution in [0.25, 0.3) is 0 Å². The number of carbonyl (C=O) groups excluding carboxylic acids is 1. The molecule has 1 aromatic carbocycles. The molecule has 1 atom stereocenters. The molecule has 0 saturated carbocycles. The lowest BCUT2D eigenvalue weighted by molar-refractivity contribution is -0.0116. The highest BCUT2D eigenvalue weighted by Gasteiger charge is 2.32. The van der Waals surface area contributed by atoms with Gasteiger partial charge in [0.15, 0.2) is 5.78 Å². The molecular weight excluding hydrogens is 216 g/mol. The smallest absolute Gasteiger partial charge is 0.194 e. The number of rotatable bonds is 6. The van der Waals surface area contributed by atoms with Crippen LogP contribution >= 0.6 is 0 Å². The van der Waals surface area contributed by atoms with E-state index < -0.39 is 5.60 Å². The zero-order valence-corrected chi connectivity index (χ0v) is 10.9. The maximum absolute atomic E-state index is 12.3. The SMILES string of the molecule is CCOC(C)(CC)C(=O)c1ccc(OC)cc1. The van der Waals surface area contributed by atoms with Gasteiger partial charge in [0, 0.05) is 12.2 Å². The van der Waals surface area contributed by atoms with E-state index in [1.54, 1.807) is 31.4 Å². The molecule has 0 heterocycles. The summed E-state index contributed by atoms with van der Waals surface area (Å²) in [4.78, 5) is 12.3. The van der Waals surface area contributed by atoms with Crippen molar-refractivity contribution in [1.29, 1.82) is 0 Å². The average Bonchev–Trinajstić information content (AvgIpc) is 2.38. The first kappa shape index (κ1) is 13.7. The number of ketones is 1. The van der Waals surface area contributed by atoms with Crippen LogP contribution in [0.15, 0.2) is 24.3 Å². The van der Waals surface area contributed by atoms with Gasteiger partial charge in [0.2, 0.25) is 0 Å². The Kier molecular flexibility index (Phi) is 4.70. The van der Waals surface area contributed by atoms with Crippen LogP contribution in [-0.2, 0) is 4.74 Å². The van der Waals surface area contributed by atoms with Crippen LogP contribution in [0.2, 0.25) is 0 Å². The van der Waals surface area contributed by atoms with Gasteiger partial charge in [-0.05, 0) is 44.5 Å². The highest BCUT2D eigenvalue weighted by Crippen LogP contribution is 2.22. The maximum Gasteiger partial charge on any atom is 0.194 e. The number of Topliss-reactive ketones (excluding diaryl/α,β-unsaturated/α-hetero) is 1. The first-order valence-electron chi connectivity index (χ1n) is 5.90. The van der Waals surface area contributed by atoms with Gasteiger partial charge in [0.05, 0.1) is 7.11 Å². The monoisotopic (exact) mass is 236 g/mol. The maximum atomic E-state index is 12.3. The molecule has 0 amide bonds. The van der Waals surface area contributed by atoms with E-state index in [1.807, 2.05) is 20.8 Å². The molecule has 1 aromatic rings. The van der Waals surface area contributed by atoms with Gasteiger partial charge in [-0.25, -0.2) is 0 Å². The molecule has 0 fully saturated rings. The molecule has 3 nitrogen and oxygen atoms in total. The Hall–Kier alpha value is -1.35. The molecule has 0 radical (unpaired) electrons. The molecule has 94 valence electrons. The van der Waals surface area contributed by atoms with Crippen LogP contribution in [0.5, 0.6) is 5.75 Å². The van der Waals surface area contributed by atoms with Gasteiger partial charge < -0.3 is 9.47 Å². The number of hydrogen-bond donors (Lipinski definition) is 0. The fourth-order valence-corrected chi connectivity index (χ4v) is 1.69. The van der Waals surface area contributed by atoms with Crippen molar-refractivity contribution in [3.63, 3.8) is 0 Å². The lowest BCUT2D eigenvalue weighted by Crippen LogP contribution is -2.37. The summed E-state index contributed by atoms with van der Waals surface area (Å²) < 4.78 is 10.6. The minimum absolute atomic E-state index is 0.0181. The van der Waals surface area contributed by atoms with E-state index in [4.69, 9.17) is 9.47 Å². The highest BCUT2D eigenvalue weighted by molar-refractivity contribution is 6.02. The Morgan fingerprint density at radius 3 is 2.24 bits per heavy atom. The van der Waals surface area contributed by atoms with Crippen LogP contribution in [0.3, 0.4) is 0 Å². The third-order valence-electron chi connectivity index (χ3n) is 2.97. The van der Waals surface area contributed by atoms with Gasteiger partial charge in [0.25, 0.3) is 0 Å². The zero-order chi connectivity index (χ0) is 12.9. The number of methoxy groups -OCH3 is 1. The summed E-state index contributed by atoms with van der Waals surface area (Å²) in [5.41, 5.74) is -0.0767. The van der Waals surface area contributed by atoms with Gasteiger partial charge in [-0.1, -0.05) is 6.92 Å². The van der Waals surface area contributed by atoms with Crippen molar-refractivity contribution in [2.45, 2.75) is 32.8 Å². The minimum atomic E-state index is -0.733. The van der Waals surface area contributed by atoms with Crippen molar-refractivity contribution in [2.75, 3.05) is 13.7 Å². The normalized spacial score (nSPS) is 14.1. The predicted molar refractivity (Wildman–Crippen MR) is 67.6 cm³/mol. The Balaban J connectivity index is 2.93. The molecule has 0 aromatic heterocycles. The molecule has 0 aliphatic heterocycles. The standard InChI is InChI=1S/C14H20O3/c1-5-14(3,17-6-2)13(15)11-7-9-12(16-4)10-8-11/h7-10H,5-6H2,1-4H3. The quantitative estimate of drug-likeness (QED) is 0.712. The second kappa shape index (κ2) is 5.82. The summed E-state index contributed by atoms with van der Waals surface area (Å²) in [7, 11) is 1.60. The summed E-state index contributed by atoms with van der Waals surface area (Å²) in [6, 6.07) is 7.12. The Bertz CT molecular complexity index is 370. The van der Waals surface area contributed by atoms with Crippen molar-refractivity contribution in [1.82, 2.24) is 0 Å². The molecule has 0 spiro atoms. The van der Waals surface area contributed by atoms with Gasteiger partial charge in [0.1, 0.15) is 11.4 Å². The Morgan fingerprint density at radius 1 is 1.24 bits per heavy atom. The van der Waals surface area contributed by atoms with Crippen LogP contribution < -0.4 is 4.74 Å². The third kappa shape index (κ3) is 3.07. The molecule has 17 heavy (non-hydrogen) atoms. The molecule has 0 saturated heterocycles. The van der Waals surface area contributed by atoms with Gasteiger partial charge in [-0.3, -0.25) is 4.79 Å². The largest absolute Gasteiger partial charge is 0.497 e. The zero-order valence-electron chi connectivity index (χ0n) is 10.9. The Labute approximate surface area is 103 Å². The summed E-state index contributed by atoms with van der Waals surface area (Å²) in [6.07, 6.45) is 0.658. The summed E-state index contributed by atoms with van der Waals surface area (Å²) in [6.45, 7) is 6.22. The summed E-state index contributed by atoms with van der Waals surface area (Å²) >= 11 is 0. The number of benzene rings is 1. The fraction of sp³-hybridized carbons (Fsp3) is 0.500. The summed E-state index contributed by atoms with van der Waals surface area (Å²) in [5, 5.41) is 0. The van der Waals surface area contributed by atoms with Crippen LogP contribution in [-0.4, -0.2) is 25.1 Å². The number of ether oxygens (including phenoxy) is 2. The molecular formula is C14H20O3. The van der Waals surface area contributed by atoms with Crippen molar-refractivity contribution < 1.29 is 14.3 Å². The first-order valence-corrected chi connectivity index (χ1v) is 5.90. The lowest BCUT2D eigenvalue weighted by Gasteiger charge is -2.26. The second-order valence-corrected chi connectivity index (χ2v) is 4.08. The average molecular weight is 236 g/mol. The van der Waals surface area contributed by atoms with Crippen LogP contribution in [0.4, 0.5) is 0 Å². The molecule has 0 bridgehead atoms. The van der Waals surface area contributed by atoms with Crippen LogP contribution in [0.1, 0.15) is 37.6 Å². The lowest BCUT2D eigenvalue weighted by atomic mass is 9.92. The predicted octanol–water partition coefficient (Wildman–Crippen LogP) is 3.08. The van der Waals surface area contributed by atoms with E-state index in [-0.39, 0.29) is 5.78 Å². The van der Waals surface area contributed by atoms with Crippen LogP contribution in [0, 0.1) is 0 Å². The van der Waals surface area contributed by atoms with Gasteiger partial charge in [-0.2, -0.15) is 0 Å². The van der Waals surface area contributed by atoms with E-state index in [0.717, 1.165) is 5.75 Å². The summed E-state index contributed by atoms with van der Waals surface area (Å²) in [5.74, 6) is 0.765. The van der Waals surface area contributed by atoms with Gasteiger partial charge >= 0.3 is 0 Å². The van der Waals surface area contributed by atoms with E-state index in [2.05, 4.69) is 0 Å². The van der Waals surface area contributed by atoms with E-state index >= 15 is 0 Å². The number of hydrogen-bond acceptors (Lipinski definition) is 3. The first-order chi connectivity index (χ1) is 8.07.